The van der Waals surface area contributed by atoms with Crippen LogP contribution in [0.25, 0.3) is 0 Å². The lowest BCUT2D eigenvalue weighted by atomic mass is 9.99. The Bertz CT molecular complexity index is 402. The number of oxime groups is 1. The van der Waals surface area contributed by atoms with Crippen molar-refractivity contribution >= 4 is 11.4 Å². The number of aliphatic hydroxyl groups excluding tert-OH is 1. The molecule has 0 bridgehead atoms. The second kappa shape index (κ2) is 4.53. The number of hydrogen-bond donors (Lipinski definition) is 2. The molecule has 1 heterocycles. The highest BCUT2D eigenvalue weighted by atomic mass is 16.4. The highest BCUT2D eigenvalue weighted by Crippen LogP contribution is 2.27. The zero-order chi connectivity index (χ0) is 11.5. The highest BCUT2D eigenvalue weighted by molar-refractivity contribution is 6.06. The Labute approximate surface area is 94.8 Å². The van der Waals surface area contributed by atoms with Gasteiger partial charge in [0.2, 0.25) is 0 Å². The van der Waals surface area contributed by atoms with Gasteiger partial charge in [-0.1, -0.05) is 23.4 Å². The molecule has 1 aliphatic heterocycles. The Kier molecular flexibility index (Phi) is 3.10. The molecular weight excluding hydrogens is 204 g/mol. The van der Waals surface area contributed by atoms with Crippen LogP contribution in [0, 0.1) is 0 Å². The van der Waals surface area contributed by atoms with Gasteiger partial charge in [0.15, 0.2) is 0 Å². The molecule has 2 N–H and O–H groups in total. The molecule has 4 heteroatoms. The summed E-state index contributed by atoms with van der Waals surface area (Å²) in [7, 11) is 0. The molecule has 1 atom stereocenters. The van der Waals surface area contributed by atoms with Crippen molar-refractivity contribution in [3.05, 3.63) is 29.8 Å². The first kappa shape index (κ1) is 11.0. The van der Waals surface area contributed by atoms with Crippen LogP contribution in [0.15, 0.2) is 29.4 Å². The van der Waals surface area contributed by atoms with Crippen LogP contribution in [0.4, 0.5) is 5.69 Å². The average Bonchev–Trinajstić information content (AvgIpc) is 2.29. The second-order valence-electron chi connectivity index (χ2n) is 4.11. The van der Waals surface area contributed by atoms with Gasteiger partial charge in [0.05, 0.1) is 11.8 Å². The largest absolute Gasteiger partial charge is 0.411 e. The summed E-state index contributed by atoms with van der Waals surface area (Å²) in [5.74, 6) is 0. The van der Waals surface area contributed by atoms with Crippen LogP contribution in [-0.4, -0.2) is 35.2 Å². The molecule has 1 aliphatic rings. The van der Waals surface area contributed by atoms with E-state index in [1.165, 1.54) is 0 Å². The second-order valence-corrected chi connectivity index (χ2v) is 4.11. The zero-order valence-electron chi connectivity index (χ0n) is 9.30. The molecule has 0 aliphatic carbocycles. The van der Waals surface area contributed by atoms with Gasteiger partial charge in [-0.25, -0.2) is 0 Å². The summed E-state index contributed by atoms with van der Waals surface area (Å²) >= 11 is 0. The maximum absolute atomic E-state index is 9.43. The summed E-state index contributed by atoms with van der Waals surface area (Å²) in [5, 5.41) is 21.7. The van der Waals surface area contributed by atoms with Crippen LogP contribution in [0.2, 0.25) is 0 Å². The van der Waals surface area contributed by atoms with E-state index in [9.17, 15) is 5.11 Å². The molecule has 0 fully saturated rings. The fourth-order valence-corrected chi connectivity index (χ4v) is 2.10. The summed E-state index contributed by atoms with van der Waals surface area (Å²) < 4.78 is 0. The summed E-state index contributed by atoms with van der Waals surface area (Å²) in [6, 6.07) is 7.81. The molecule has 1 aromatic carbocycles. The predicted octanol–water partition coefficient (Wildman–Crippen LogP) is 1.46. The quantitative estimate of drug-likeness (QED) is 0.586. The molecule has 0 saturated heterocycles. The van der Waals surface area contributed by atoms with E-state index < -0.39 is 0 Å². The fraction of sp³-hybridized carbons (Fsp3) is 0.417. The molecule has 0 radical (unpaired) electrons. The van der Waals surface area contributed by atoms with Gasteiger partial charge < -0.3 is 15.2 Å². The summed E-state index contributed by atoms with van der Waals surface area (Å²) in [6.07, 6.45) is 0.348. The van der Waals surface area contributed by atoms with Crippen molar-refractivity contribution in [2.24, 2.45) is 5.16 Å². The van der Waals surface area contributed by atoms with Crippen LogP contribution in [0.3, 0.4) is 0 Å². The van der Waals surface area contributed by atoms with Crippen molar-refractivity contribution in [1.82, 2.24) is 0 Å². The number of fused-ring (bicyclic) bond motifs is 1. The van der Waals surface area contributed by atoms with Crippen LogP contribution >= 0.6 is 0 Å². The number of nitrogens with zero attached hydrogens (tertiary/aromatic N) is 2. The van der Waals surface area contributed by atoms with Crippen LogP contribution < -0.4 is 4.90 Å². The Morgan fingerprint density at radius 3 is 2.88 bits per heavy atom. The Balaban J connectivity index is 2.35. The van der Waals surface area contributed by atoms with E-state index in [4.69, 9.17) is 5.21 Å². The Morgan fingerprint density at radius 2 is 2.19 bits per heavy atom. The van der Waals surface area contributed by atoms with Crippen LogP contribution in [0.5, 0.6) is 0 Å². The zero-order valence-corrected chi connectivity index (χ0v) is 9.30. The molecule has 2 rings (SSSR count). The topological polar surface area (TPSA) is 56.1 Å². The normalized spacial score (nSPS) is 19.6. The standard InChI is InChI=1S/C12H16N2O2/c1-9(15)8-14-7-6-11(13-16)10-4-2-3-5-12(10)14/h2-5,9,15-16H,6-8H2,1H3. The molecule has 1 unspecified atom stereocenters. The molecule has 16 heavy (non-hydrogen) atoms. The van der Waals surface area contributed by atoms with E-state index in [1.54, 1.807) is 6.92 Å². The van der Waals surface area contributed by atoms with Gasteiger partial charge >= 0.3 is 0 Å². The Morgan fingerprint density at radius 1 is 1.44 bits per heavy atom. The van der Waals surface area contributed by atoms with Crippen LogP contribution in [0.1, 0.15) is 18.9 Å². The summed E-state index contributed by atoms with van der Waals surface area (Å²) in [5.41, 5.74) is 2.71. The number of benzene rings is 1. The van der Waals surface area contributed by atoms with E-state index in [1.807, 2.05) is 24.3 Å². The number of β-amino-alcohol motifs (C(OH)–C–C–N with tert-alkyl or cyclic N) is 1. The minimum Gasteiger partial charge on any atom is -0.411 e. The van der Waals surface area contributed by atoms with Gasteiger partial charge in [0.25, 0.3) is 0 Å². The lowest BCUT2D eigenvalue weighted by molar-refractivity contribution is 0.200. The maximum atomic E-state index is 9.43. The summed E-state index contributed by atoms with van der Waals surface area (Å²) in [6.45, 7) is 3.16. The fourth-order valence-electron chi connectivity index (χ4n) is 2.10. The third kappa shape index (κ3) is 2.02. The molecule has 0 aromatic heterocycles. The smallest absolute Gasteiger partial charge is 0.0906 e. The van der Waals surface area contributed by atoms with Crippen molar-refractivity contribution in [1.29, 1.82) is 0 Å². The first-order chi connectivity index (χ1) is 7.72. The first-order valence-corrected chi connectivity index (χ1v) is 5.45. The Hall–Kier alpha value is -1.55. The van der Waals surface area contributed by atoms with Gasteiger partial charge in [0.1, 0.15) is 0 Å². The van der Waals surface area contributed by atoms with Gasteiger partial charge in [0, 0.05) is 30.8 Å². The van der Waals surface area contributed by atoms with E-state index >= 15 is 0 Å². The molecule has 4 nitrogen and oxygen atoms in total. The number of aliphatic hydroxyl groups is 1. The first-order valence-electron chi connectivity index (χ1n) is 5.45. The molecular formula is C12H16N2O2. The maximum Gasteiger partial charge on any atom is 0.0906 e. The number of hydrogen-bond acceptors (Lipinski definition) is 4. The third-order valence-corrected chi connectivity index (χ3v) is 2.78. The SMILES string of the molecule is CC(O)CN1CCC(=NO)c2ccccc21. The van der Waals surface area contributed by atoms with Crippen molar-refractivity contribution in [2.45, 2.75) is 19.4 Å². The number of para-hydroxylation sites is 1. The van der Waals surface area contributed by atoms with Crippen molar-refractivity contribution in [3.63, 3.8) is 0 Å². The van der Waals surface area contributed by atoms with Gasteiger partial charge in [-0.05, 0) is 13.0 Å². The minimum absolute atomic E-state index is 0.360. The predicted molar refractivity (Wildman–Crippen MR) is 63.3 cm³/mol. The average molecular weight is 220 g/mol. The van der Waals surface area contributed by atoms with Crippen molar-refractivity contribution < 1.29 is 10.3 Å². The van der Waals surface area contributed by atoms with Crippen molar-refractivity contribution in [3.8, 4) is 0 Å². The van der Waals surface area contributed by atoms with E-state index in [0.717, 1.165) is 23.5 Å². The number of rotatable bonds is 2. The molecule has 86 valence electrons. The molecule has 0 spiro atoms. The third-order valence-electron chi connectivity index (χ3n) is 2.78. The molecule has 1 aromatic rings. The molecule has 0 amide bonds. The lowest BCUT2D eigenvalue weighted by Crippen LogP contribution is -2.37. The van der Waals surface area contributed by atoms with Gasteiger partial charge in [-0.15, -0.1) is 0 Å². The van der Waals surface area contributed by atoms with Crippen molar-refractivity contribution in [2.75, 3.05) is 18.0 Å². The number of anilines is 1. The monoisotopic (exact) mass is 220 g/mol. The van der Waals surface area contributed by atoms with Gasteiger partial charge in [-0.3, -0.25) is 0 Å². The summed E-state index contributed by atoms with van der Waals surface area (Å²) in [4.78, 5) is 2.12. The van der Waals surface area contributed by atoms with E-state index in [0.29, 0.717) is 13.0 Å². The lowest BCUT2D eigenvalue weighted by Gasteiger charge is -2.32. The molecule has 0 saturated carbocycles. The highest BCUT2D eigenvalue weighted by Gasteiger charge is 2.22. The minimum atomic E-state index is -0.360. The van der Waals surface area contributed by atoms with Gasteiger partial charge in [-0.2, -0.15) is 0 Å². The van der Waals surface area contributed by atoms with Crippen LogP contribution in [-0.2, 0) is 0 Å². The van der Waals surface area contributed by atoms with E-state index in [2.05, 4.69) is 10.1 Å². The van der Waals surface area contributed by atoms with E-state index in [-0.39, 0.29) is 6.10 Å².